The summed E-state index contributed by atoms with van der Waals surface area (Å²) in [5, 5.41) is 3.36. The van der Waals surface area contributed by atoms with Crippen LogP contribution < -0.4 is 5.32 Å². The molecule has 3 nitrogen and oxygen atoms in total. The van der Waals surface area contributed by atoms with Crippen LogP contribution in [0.1, 0.15) is 38.5 Å². The fourth-order valence-electron chi connectivity index (χ4n) is 5.16. The third-order valence-electron chi connectivity index (χ3n) is 5.54. The topological polar surface area (TPSA) is 34.2 Å². The molecule has 4 fully saturated rings. The van der Waals surface area contributed by atoms with Crippen LogP contribution in [0.3, 0.4) is 0 Å². The Hall–Kier alpha value is -0.610. The molecule has 4 aliphatic carbocycles. The quantitative estimate of drug-likeness (QED) is 0.806. The second kappa shape index (κ2) is 5.54. The normalized spacial score (nSPS) is 36.9. The molecule has 1 N–H and O–H groups in total. The zero-order valence-corrected chi connectivity index (χ0v) is 13.9. The average molecular weight is 351 g/mol. The van der Waals surface area contributed by atoms with Crippen molar-refractivity contribution in [2.45, 2.75) is 44.1 Å². The van der Waals surface area contributed by atoms with Crippen molar-refractivity contribution in [3.05, 3.63) is 22.8 Å². The van der Waals surface area contributed by atoms with E-state index in [0.29, 0.717) is 0 Å². The lowest BCUT2D eigenvalue weighted by atomic mass is 9.54. The third kappa shape index (κ3) is 2.85. The van der Waals surface area contributed by atoms with Crippen LogP contribution in [0.15, 0.2) is 22.8 Å². The SMILES string of the molecule is Brc1cccnc1NCCOC12CC3CC(CC(C3)C1)C2. The van der Waals surface area contributed by atoms with Crippen LogP contribution >= 0.6 is 15.9 Å². The molecule has 1 aromatic heterocycles. The second-order valence-electron chi connectivity index (χ2n) is 7.21. The summed E-state index contributed by atoms with van der Waals surface area (Å²) in [7, 11) is 0. The first-order valence-electron chi connectivity index (χ1n) is 8.21. The number of hydrogen-bond acceptors (Lipinski definition) is 3. The summed E-state index contributed by atoms with van der Waals surface area (Å²) in [5.41, 5.74) is 0.220. The molecular weight excluding hydrogens is 328 g/mol. The molecule has 4 bridgehead atoms. The van der Waals surface area contributed by atoms with Gasteiger partial charge in [-0.15, -0.1) is 0 Å². The maximum Gasteiger partial charge on any atom is 0.140 e. The second-order valence-corrected chi connectivity index (χ2v) is 8.06. The first-order valence-corrected chi connectivity index (χ1v) is 9.00. The van der Waals surface area contributed by atoms with Gasteiger partial charge in [0.15, 0.2) is 0 Å². The molecule has 4 saturated carbocycles. The van der Waals surface area contributed by atoms with Crippen molar-refractivity contribution < 1.29 is 4.74 Å². The molecule has 114 valence electrons. The van der Waals surface area contributed by atoms with Crippen molar-refractivity contribution >= 4 is 21.7 Å². The predicted octanol–water partition coefficient (Wildman–Crippen LogP) is 4.24. The molecular formula is C17H23BrN2O. The number of anilines is 1. The van der Waals surface area contributed by atoms with Gasteiger partial charge in [-0.3, -0.25) is 0 Å². The van der Waals surface area contributed by atoms with Gasteiger partial charge in [-0.1, -0.05) is 0 Å². The maximum absolute atomic E-state index is 6.40. The average Bonchev–Trinajstić information content (AvgIpc) is 2.44. The van der Waals surface area contributed by atoms with Gasteiger partial charge in [0, 0.05) is 12.7 Å². The van der Waals surface area contributed by atoms with Gasteiger partial charge in [0.1, 0.15) is 5.82 Å². The molecule has 1 aromatic rings. The smallest absolute Gasteiger partial charge is 0.140 e. The molecule has 21 heavy (non-hydrogen) atoms. The van der Waals surface area contributed by atoms with Gasteiger partial charge in [0.25, 0.3) is 0 Å². The van der Waals surface area contributed by atoms with Gasteiger partial charge in [0.2, 0.25) is 0 Å². The van der Waals surface area contributed by atoms with Gasteiger partial charge in [-0.2, -0.15) is 0 Å². The summed E-state index contributed by atoms with van der Waals surface area (Å²) in [6.45, 7) is 1.62. The highest BCUT2D eigenvalue weighted by molar-refractivity contribution is 9.10. The van der Waals surface area contributed by atoms with Crippen LogP contribution in [0.5, 0.6) is 0 Å². The van der Waals surface area contributed by atoms with E-state index in [1.807, 2.05) is 18.3 Å². The highest BCUT2D eigenvalue weighted by Crippen LogP contribution is 2.57. The van der Waals surface area contributed by atoms with Crippen molar-refractivity contribution in [2.24, 2.45) is 17.8 Å². The first-order chi connectivity index (χ1) is 10.2. The fourth-order valence-corrected chi connectivity index (χ4v) is 5.56. The van der Waals surface area contributed by atoms with Crippen molar-refractivity contribution in [1.82, 2.24) is 4.98 Å². The van der Waals surface area contributed by atoms with E-state index in [0.717, 1.165) is 41.2 Å². The Balaban J connectivity index is 1.30. The molecule has 0 amide bonds. The van der Waals surface area contributed by atoms with Gasteiger partial charge in [-0.05, 0) is 84.3 Å². The number of ether oxygens (including phenoxy) is 1. The van der Waals surface area contributed by atoms with E-state index in [2.05, 4.69) is 26.2 Å². The van der Waals surface area contributed by atoms with E-state index in [1.54, 1.807) is 0 Å². The summed E-state index contributed by atoms with van der Waals surface area (Å²) in [5.74, 6) is 3.77. The number of nitrogens with one attached hydrogen (secondary N) is 1. The molecule has 5 rings (SSSR count). The van der Waals surface area contributed by atoms with Crippen LogP contribution in [0.2, 0.25) is 0 Å². The van der Waals surface area contributed by atoms with Crippen LogP contribution in [-0.4, -0.2) is 23.7 Å². The van der Waals surface area contributed by atoms with Crippen LogP contribution in [0.4, 0.5) is 5.82 Å². The molecule has 0 atom stereocenters. The minimum atomic E-state index is 0.220. The van der Waals surface area contributed by atoms with Gasteiger partial charge in [0.05, 0.1) is 16.7 Å². The summed E-state index contributed by atoms with van der Waals surface area (Å²) < 4.78 is 7.41. The Bertz CT molecular complexity index is 484. The predicted molar refractivity (Wildman–Crippen MR) is 87.3 cm³/mol. The summed E-state index contributed by atoms with van der Waals surface area (Å²) >= 11 is 3.51. The Morgan fingerprint density at radius 3 is 2.48 bits per heavy atom. The number of pyridine rings is 1. The Labute approximate surface area is 135 Å². The number of halogens is 1. The molecule has 4 heteroatoms. The highest BCUT2D eigenvalue weighted by atomic mass is 79.9. The third-order valence-corrected chi connectivity index (χ3v) is 6.18. The van der Waals surface area contributed by atoms with E-state index >= 15 is 0 Å². The lowest BCUT2D eigenvalue weighted by molar-refractivity contribution is -0.159. The summed E-state index contributed by atoms with van der Waals surface area (Å²) in [6, 6.07) is 3.94. The van der Waals surface area contributed by atoms with Crippen molar-refractivity contribution in [1.29, 1.82) is 0 Å². The van der Waals surface area contributed by atoms with E-state index in [1.165, 1.54) is 38.5 Å². The minimum absolute atomic E-state index is 0.220. The van der Waals surface area contributed by atoms with Crippen LogP contribution in [0, 0.1) is 17.8 Å². The van der Waals surface area contributed by atoms with E-state index in [9.17, 15) is 0 Å². The summed E-state index contributed by atoms with van der Waals surface area (Å²) in [6.07, 6.45) is 10.2. The van der Waals surface area contributed by atoms with Gasteiger partial charge >= 0.3 is 0 Å². The molecule has 0 saturated heterocycles. The molecule has 4 aliphatic rings. The van der Waals surface area contributed by atoms with Gasteiger partial charge in [-0.25, -0.2) is 4.98 Å². The number of nitrogens with zero attached hydrogens (tertiary/aromatic N) is 1. The molecule has 0 unspecified atom stereocenters. The zero-order chi connectivity index (χ0) is 14.3. The summed E-state index contributed by atoms with van der Waals surface area (Å²) in [4.78, 5) is 4.33. The van der Waals surface area contributed by atoms with Crippen molar-refractivity contribution in [3.8, 4) is 0 Å². The van der Waals surface area contributed by atoms with Crippen LogP contribution in [0.25, 0.3) is 0 Å². The largest absolute Gasteiger partial charge is 0.373 e. The number of rotatable bonds is 5. The van der Waals surface area contributed by atoms with Crippen molar-refractivity contribution in [2.75, 3.05) is 18.5 Å². The molecule has 0 radical (unpaired) electrons. The molecule has 0 aromatic carbocycles. The Kier molecular flexibility index (Phi) is 3.70. The Morgan fingerprint density at radius 2 is 1.86 bits per heavy atom. The van der Waals surface area contributed by atoms with Crippen molar-refractivity contribution in [3.63, 3.8) is 0 Å². The molecule has 0 spiro atoms. The molecule has 0 aliphatic heterocycles. The van der Waals surface area contributed by atoms with E-state index in [4.69, 9.17) is 4.74 Å². The molecule has 1 heterocycles. The standard InChI is InChI=1S/C17H23BrN2O/c18-15-2-1-3-19-16(15)20-4-5-21-17-9-12-6-13(10-17)8-14(7-12)11-17/h1-3,12-14H,4-11H2,(H,19,20). The van der Waals surface area contributed by atoms with E-state index in [-0.39, 0.29) is 5.60 Å². The minimum Gasteiger partial charge on any atom is -0.373 e. The number of hydrogen-bond donors (Lipinski definition) is 1. The highest BCUT2D eigenvalue weighted by Gasteiger charge is 2.51. The first kappa shape index (κ1) is 14.0. The fraction of sp³-hybridized carbons (Fsp3) is 0.706. The van der Waals surface area contributed by atoms with E-state index < -0.39 is 0 Å². The van der Waals surface area contributed by atoms with Gasteiger partial charge < -0.3 is 10.1 Å². The lowest BCUT2D eigenvalue weighted by Crippen LogP contribution is -2.52. The Morgan fingerprint density at radius 1 is 1.19 bits per heavy atom. The maximum atomic E-state index is 6.40. The van der Waals surface area contributed by atoms with Crippen LogP contribution in [-0.2, 0) is 4.74 Å². The lowest BCUT2D eigenvalue weighted by Gasteiger charge is -2.56. The monoisotopic (exact) mass is 350 g/mol. The number of aromatic nitrogens is 1. The zero-order valence-electron chi connectivity index (χ0n) is 12.4.